The summed E-state index contributed by atoms with van der Waals surface area (Å²) in [4.78, 5) is 1.59. The van der Waals surface area contributed by atoms with Crippen molar-refractivity contribution in [3.63, 3.8) is 0 Å². The van der Waals surface area contributed by atoms with Gasteiger partial charge in [-0.3, -0.25) is 4.90 Å². The lowest BCUT2D eigenvalue weighted by Gasteiger charge is -2.37. The minimum absolute atomic E-state index is 0.221. The zero-order valence-corrected chi connectivity index (χ0v) is 19.5. The molecule has 5 heteroatoms. The summed E-state index contributed by atoms with van der Waals surface area (Å²) >= 11 is 0. The SMILES string of the molecule is CC(C)(C)[C@H]1CC[C@H](Oc2ccc3cc(C(N4CCCCC4)C(F)(F)F)ccc3c2)CC1. The lowest BCUT2D eigenvalue weighted by molar-refractivity contribution is -0.188. The van der Waals surface area contributed by atoms with E-state index in [9.17, 15) is 13.2 Å². The Morgan fingerprint density at radius 3 is 2.09 bits per heavy atom. The van der Waals surface area contributed by atoms with Crippen molar-refractivity contribution in [2.45, 2.75) is 84.0 Å². The van der Waals surface area contributed by atoms with Crippen LogP contribution < -0.4 is 4.74 Å². The van der Waals surface area contributed by atoms with Crippen molar-refractivity contribution in [2.75, 3.05) is 13.1 Å². The summed E-state index contributed by atoms with van der Waals surface area (Å²) < 4.78 is 48.1. The van der Waals surface area contributed by atoms with E-state index < -0.39 is 12.2 Å². The van der Waals surface area contributed by atoms with E-state index in [4.69, 9.17) is 4.74 Å². The van der Waals surface area contributed by atoms with E-state index in [0.29, 0.717) is 24.1 Å². The molecule has 0 amide bonds. The second-order valence-corrected chi connectivity index (χ2v) is 10.8. The van der Waals surface area contributed by atoms with E-state index in [1.165, 1.54) is 12.8 Å². The molecule has 2 aromatic rings. The van der Waals surface area contributed by atoms with Crippen molar-refractivity contribution in [3.8, 4) is 5.75 Å². The molecule has 0 aromatic heterocycles. The van der Waals surface area contributed by atoms with Crippen LogP contribution in [0.25, 0.3) is 10.8 Å². The van der Waals surface area contributed by atoms with E-state index in [0.717, 1.165) is 54.5 Å². The molecule has 0 radical (unpaired) electrons. The number of alkyl halides is 3. The normalized spacial score (nSPS) is 24.4. The van der Waals surface area contributed by atoms with Gasteiger partial charge in [0.2, 0.25) is 0 Å². The lowest BCUT2D eigenvalue weighted by atomic mass is 9.72. The number of rotatable bonds is 4. The van der Waals surface area contributed by atoms with Crippen molar-refractivity contribution in [2.24, 2.45) is 11.3 Å². The first-order valence-corrected chi connectivity index (χ1v) is 12.1. The van der Waals surface area contributed by atoms with Crippen LogP contribution in [-0.2, 0) is 0 Å². The van der Waals surface area contributed by atoms with Gasteiger partial charge in [-0.15, -0.1) is 0 Å². The van der Waals surface area contributed by atoms with E-state index in [-0.39, 0.29) is 6.10 Å². The van der Waals surface area contributed by atoms with Gasteiger partial charge < -0.3 is 4.74 Å². The van der Waals surface area contributed by atoms with Crippen LogP contribution in [0.5, 0.6) is 5.75 Å². The molecule has 0 N–H and O–H groups in total. The van der Waals surface area contributed by atoms with Crippen LogP contribution in [0.1, 0.15) is 77.3 Å². The molecular formula is C27H36F3NO. The minimum Gasteiger partial charge on any atom is -0.490 e. The van der Waals surface area contributed by atoms with Crippen LogP contribution in [0.15, 0.2) is 36.4 Å². The van der Waals surface area contributed by atoms with Gasteiger partial charge in [-0.1, -0.05) is 45.4 Å². The van der Waals surface area contributed by atoms with Crippen LogP contribution in [0.2, 0.25) is 0 Å². The second kappa shape index (κ2) is 9.24. The average Bonchev–Trinajstić information content (AvgIpc) is 2.73. The van der Waals surface area contributed by atoms with Gasteiger partial charge in [-0.2, -0.15) is 13.2 Å². The third-order valence-electron chi connectivity index (χ3n) is 7.42. The molecule has 2 nitrogen and oxygen atoms in total. The molecule has 0 spiro atoms. The molecule has 4 rings (SSSR count). The predicted octanol–water partition coefficient (Wildman–Crippen LogP) is 7.91. The number of piperidine rings is 1. The topological polar surface area (TPSA) is 12.5 Å². The Morgan fingerprint density at radius 2 is 1.47 bits per heavy atom. The van der Waals surface area contributed by atoms with E-state index in [1.54, 1.807) is 17.0 Å². The highest BCUT2D eigenvalue weighted by Gasteiger charge is 2.44. The fraction of sp³-hybridized carbons (Fsp3) is 0.630. The van der Waals surface area contributed by atoms with E-state index >= 15 is 0 Å². The first-order chi connectivity index (χ1) is 15.1. The number of benzene rings is 2. The maximum absolute atomic E-state index is 14.0. The number of hydrogen-bond acceptors (Lipinski definition) is 2. The molecule has 1 heterocycles. The van der Waals surface area contributed by atoms with Gasteiger partial charge in [0.05, 0.1) is 6.10 Å². The Balaban J connectivity index is 1.48. The molecule has 1 aliphatic carbocycles. The maximum Gasteiger partial charge on any atom is 0.408 e. The predicted molar refractivity (Wildman–Crippen MR) is 124 cm³/mol. The zero-order valence-electron chi connectivity index (χ0n) is 19.5. The molecule has 1 atom stereocenters. The van der Waals surface area contributed by atoms with E-state index in [2.05, 4.69) is 20.8 Å². The molecular weight excluding hydrogens is 411 g/mol. The standard InChI is InChI=1S/C27H36F3NO/c1-26(2,3)22-10-13-23(14-11-22)32-24-12-9-19-17-21(8-7-20(19)18-24)25(27(28,29)30)31-15-5-4-6-16-31/h7-9,12,17-18,22-23,25H,4-6,10-11,13-16H2,1-3H3/t22-,23-,25?. The monoisotopic (exact) mass is 447 g/mol. The van der Waals surface area contributed by atoms with Crippen molar-refractivity contribution >= 4 is 10.8 Å². The van der Waals surface area contributed by atoms with Gasteiger partial charge in [0.15, 0.2) is 0 Å². The van der Waals surface area contributed by atoms with Crippen molar-refractivity contribution in [1.29, 1.82) is 0 Å². The number of halogens is 3. The summed E-state index contributed by atoms with van der Waals surface area (Å²) in [5.74, 6) is 1.55. The van der Waals surface area contributed by atoms with Crippen LogP contribution in [-0.4, -0.2) is 30.3 Å². The van der Waals surface area contributed by atoms with E-state index in [1.807, 2.05) is 24.3 Å². The van der Waals surface area contributed by atoms with Crippen molar-refractivity contribution < 1.29 is 17.9 Å². The molecule has 0 bridgehead atoms. The van der Waals surface area contributed by atoms with Crippen LogP contribution in [0.3, 0.4) is 0 Å². The Bertz CT molecular complexity index is 903. The molecule has 176 valence electrons. The molecule has 1 unspecified atom stereocenters. The molecule has 1 saturated carbocycles. The smallest absolute Gasteiger partial charge is 0.408 e. The first-order valence-electron chi connectivity index (χ1n) is 12.1. The number of fused-ring (bicyclic) bond motifs is 1. The van der Waals surface area contributed by atoms with Gasteiger partial charge in [-0.05, 0) is 97.5 Å². The highest BCUT2D eigenvalue weighted by molar-refractivity contribution is 5.84. The Kier molecular flexibility index (Phi) is 6.76. The Labute approximate surface area is 190 Å². The van der Waals surface area contributed by atoms with Crippen molar-refractivity contribution in [3.05, 3.63) is 42.0 Å². The first kappa shape index (κ1) is 23.4. The fourth-order valence-electron chi connectivity index (χ4n) is 5.51. The quantitative estimate of drug-likeness (QED) is 0.472. The van der Waals surface area contributed by atoms with Crippen molar-refractivity contribution in [1.82, 2.24) is 4.90 Å². The number of likely N-dealkylation sites (tertiary alicyclic amines) is 1. The van der Waals surface area contributed by atoms with Crippen LogP contribution in [0.4, 0.5) is 13.2 Å². The third kappa shape index (κ3) is 5.41. The summed E-state index contributed by atoms with van der Waals surface area (Å²) in [6.07, 6.45) is 3.10. The van der Waals surface area contributed by atoms with Gasteiger partial charge >= 0.3 is 6.18 Å². The molecule has 1 aliphatic heterocycles. The summed E-state index contributed by atoms with van der Waals surface area (Å²) in [6, 6.07) is 9.42. The highest BCUT2D eigenvalue weighted by atomic mass is 19.4. The number of hydrogen-bond donors (Lipinski definition) is 0. The summed E-state index contributed by atoms with van der Waals surface area (Å²) in [5.41, 5.74) is 0.676. The second-order valence-electron chi connectivity index (χ2n) is 10.8. The molecule has 32 heavy (non-hydrogen) atoms. The van der Waals surface area contributed by atoms with Crippen LogP contribution in [0, 0.1) is 11.3 Å². The fourth-order valence-corrected chi connectivity index (χ4v) is 5.51. The number of ether oxygens (including phenoxy) is 1. The summed E-state index contributed by atoms with van der Waals surface area (Å²) in [6.45, 7) is 7.94. The highest BCUT2D eigenvalue weighted by Crippen LogP contribution is 2.41. The Hall–Kier alpha value is -1.75. The molecule has 2 aliphatic rings. The maximum atomic E-state index is 14.0. The molecule has 2 fully saturated rings. The minimum atomic E-state index is -4.28. The van der Waals surface area contributed by atoms with Gasteiger partial charge in [-0.25, -0.2) is 0 Å². The average molecular weight is 448 g/mol. The lowest BCUT2D eigenvalue weighted by Crippen LogP contribution is -2.41. The Morgan fingerprint density at radius 1 is 0.844 bits per heavy atom. The third-order valence-corrected chi connectivity index (χ3v) is 7.42. The summed E-state index contributed by atoms with van der Waals surface area (Å²) in [7, 11) is 0. The largest absolute Gasteiger partial charge is 0.490 e. The summed E-state index contributed by atoms with van der Waals surface area (Å²) in [5, 5.41) is 1.76. The molecule has 2 aromatic carbocycles. The van der Waals surface area contributed by atoms with Crippen LogP contribution >= 0.6 is 0 Å². The van der Waals surface area contributed by atoms with Gasteiger partial charge in [0.25, 0.3) is 0 Å². The zero-order chi connectivity index (χ0) is 22.9. The number of nitrogens with zero attached hydrogens (tertiary/aromatic N) is 1. The van der Waals surface area contributed by atoms with Gasteiger partial charge in [0, 0.05) is 0 Å². The molecule has 1 saturated heterocycles. The van der Waals surface area contributed by atoms with Gasteiger partial charge in [0.1, 0.15) is 11.8 Å².